The van der Waals surface area contributed by atoms with Crippen LogP contribution in [0.3, 0.4) is 0 Å². The number of aromatic nitrogens is 3. The van der Waals surface area contributed by atoms with Crippen molar-refractivity contribution in [1.29, 1.82) is 0 Å². The molecule has 0 aliphatic heterocycles. The van der Waals surface area contributed by atoms with Crippen molar-refractivity contribution in [2.75, 3.05) is 0 Å². The number of nitrogens with zero attached hydrogens (tertiary/aromatic N) is 3. The number of aryl methyl sites for hydroxylation is 2. The fraction of sp³-hybridized carbons (Fsp3) is 0.308. The molecule has 0 aliphatic rings. The molecule has 0 saturated heterocycles. The van der Waals surface area contributed by atoms with Crippen molar-refractivity contribution in [2.24, 2.45) is 0 Å². The fourth-order valence-corrected chi connectivity index (χ4v) is 3.25. The summed E-state index contributed by atoms with van der Waals surface area (Å²) < 4.78 is 26.2. The SMILES string of the molecule is CCn1ncnc1CS(=O)(=O)c1ccc(C)c(C(=O)O)c1. The van der Waals surface area contributed by atoms with E-state index in [4.69, 9.17) is 5.11 Å². The van der Waals surface area contributed by atoms with E-state index >= 15 is 0 Å². The number of carbonyl (C=O) groups is 1. The summed E-state index contributed by atoms with van der Waals surface area (Å²) in [5, 5.41) is 13.0. The summed E-state index contributed by atoms with van der Waals surface area (Å²) in [6.07, 6.45) is 1.30. The van der Waals surface area contributed by atoms with Gasteiger partial charge in [0.05, 0.1) is 10.5 Å². The van der Waals surface area contributed by atoms with Gasteiger partial charge in [-0.1, -0.05) is 6.07 Å². The van der Waals surface area contributed by atoms with Gasteiger partial charge in [-0.3, -0.25) is 0 Å². The molecule has 0 unspecified atom stereocenters. The molecule has 1 heterocycles. The van der Waals surface area contributed by atoms with Crippen LogP contribution in [0.5, 0.6) is 0 Å². The second kappa shape index (κ2) is 5.65. The zero-order chi connectivity index (χ0) is 15.6. The molecular weight excluding hydrogens is 294 g/mol. The Balaban J connectivity index is 2.40. The van der Waals surface area contributed by atoms with Gasteiger partial charge in [0.25, 0.3) is 0 Å². The van der Waals surface area contributed by atoms with E-state index in [1.165, 1.54) is 29.2 Å². The van der Waals surface area contributed by atoms with E-state index in [1.54, 1.807) is 6.92 Å². The first kappa shape index (κ1) is 15.2. The van der Waals surface area contributed by atoms with Crippen molar-refractivity contribution in [3.05, 3.63) is 41.5 Å². The van der Waals surface area contributed by atoms with Gasteiger partial charge in [0.15, 0.2) is 9.84 Å². The maximum atomic E-state index is 12.4. The Hall–Kier alpha value is -2.22. The van der Waals surface area contributed by atoms with Crippen molar-refractivity contribution in [2.45, 2.75) is 31.0 Å². The van der Waals surface area contributed by atoms with E-state index in [9.17, 15) is 13.2 Å². The number of carboxylic acid groups (broad SMARTS) is 1. The van der Waals surface area contributed by atoms with Gasteiger partial charge in [0.1, 0.15) is 17.9 Å². The monoisotopic (exact) mass is 309 g/mol. The molecule has 1 N–H and O–H groups in total. The Kier molecular flexibility index (Phi) is 4.08. The van der Waals surface area contributed by atoms with E-state index in [0.717, 1.165) is 0 Å². The topological polar surface area (TPSA) is 102 Å². The summed E-state index contributed by atoms with van der Waals surface area (Å²) >= 11 is 0. The number of sulfone groups is 1. The molecule has 0 amide bonds. The minimum atomic E-state index is -3.68. The molecule has 0 bridgehead atoms. The smallest absolute Gasteiger partial charge is 0.335 e. The second-order valence-electron chi connectivity index (χ2n) is 4.53. The van der Waals surface area contributed by atoms with Gasteiger partial charge in [-0.05, 0) is 31.5 Å². The number of hydrogen-bond acceptors (Lipinski definition) is 5. The van der Waals surface area contributed by atoms with Crippen molar-refractivity contribution >= 4 is 15.8 Å². The summed E-state index contributed by atoms with van der Waals surface area (Å²) in [7, 11) is -3.68. The van der Waals surface area contributed by atoms with E-state index in [2.05, 4.69) is 10.1 Å². The Labute approximate surface area is 122 Å². The number of hydrogen-bond donors (Lipinski definition) is 1. The summed E-state index contributed by atoms with van der Waals surface area (Å²) in [6, 6.07) is 4.07. The Morgan fingerprint density at radius 1 is 1.38 bits per heavy atom. The first-order valence-corrected chi connectivity index (χ1v) is 7.93. The molecule has 1 aromatic carbocycles. The summed E-state index contributed by atoms with van der Waals surface area (Å²) in [4.78, 5) is 15.0. The van der Waals surface area contributed by atoms with Gasteiger partial charge in [-0.2, -0.15) is 5.10 Å². The van der Waals surface area contributed by atoms with E-state index in [-0.39, 0.29) is 16.2 Å². The van der Waals surface area contributed by atoms with Crippen LogP contribution in [-0.4, -0.2) is 34.3 Å². The minimum absolute atomic E-state index is 0.0203. The van der Waals surface area contributed by atoms with Crippen LogP contribution >= 0.6 is 0 Å². The van der Waals surface area contributed by atoms with E-state index < -0.39 is 15.8 Å². The van der Waals surface area contributed by atoms with Crippen LogP contribution in [0, 0.1) is 6.92 Å². The van der Waals surface area contributed by atoms with Crippen molar-refractivity contribution < 1.29 is 18.3 Å². The van der Waals surface area contributed by atoms with Crippen molar-refractivity contribution in [3.8, 4) is 0 Å². The first-order valence-electron chi connectivity index (χ1n) is 6.28. The average Bonchev–Trinajstić information content (AvgIpc) is 2.85. The van der Waals surface area contributed by atoms with Gasteiger partial charge in [0, 0.05) is 6.54 Å². The molecule has 2 rings (SSSR count). The quantitative estimate of drug-likeness (QED) is 0.892. The molecule has 0 saturated carbocycles. The largest absolute Gasteiger partial charge is 0.478 e. The molecule has 0 spiro atoms. The fourth-order valence-electron chi connectivity index (χ4n) is 1.94. The van der Waals surface area contributed by atoms with Gasteiger partial charge >= 0.3 is 5.97 Å². The summed E-state index contributed by atoms with van der Waals surface area (Å²) in [6.45, 7) is 3.96. The molecule has 21 heavy (non-hydrogen) atoms. The van der Waals surface area contributed by atoms with Crippen LogP contribution < -0.4 is 0 Å². The number of rotatable bonds is 5. The Morgan fingerprint density at radius 2 is 2.10 bits per heavy atom. The molecule has 1 aromatic heterocycles. The molecule has 0 aliphatic carbocycles. The van der Waals surface area contributed by atoms with Crippen LogP contribution in [0.15, 0.2) is 29.4 Å². The minimum Gasteiger partial charge on any atom is -0.478 e. The molecule has 0 atom stereocenters. The molecule has 112 valence electrons. The van der Waals surface area contributed by atoms with Crippen LogP contribution in [0.1, 0.15) is 28.7 Å². The Morgan fingerprint density at radius 3 is 2.71 bits per heavy atom. The lowest BCUT2D eigenvalue weighted by molar-refractivity contribution is 0.0696. The highest BCUT2D eigenvalue weighted by Crippen LogP contribution is 2.19. The van der Waals surface area contributed by atoms with Crippen LogP contribution in [0.2, 0.25) is 0 Å². The molecule has 0 radical (unpaired) electrons. The third kappa shape index (κ3) is 3.10. The number of benzene rings is 1. The van der Waals surface area contributed by atoms with Crippen molar-refractivity contribution in [3.63, 3.8) is 0 Å². The summed E-state index contributed by atoms with van der Waals surface area (Å²) in [5.41, 5.74) is 0.492. The van der Waals surface area contributed by atoms with Crippen LogP contribution in [-0.2, 0) is 22.1 Å². The molecule has 2 aromatic rings. The highest BCUT2D eigenvalue weighted by Gasteiger charge is 2.21. The van der Waals surface area contributed by atoms with E-state index in [0.29, 0.717) is 17.9 Å². The lowest BCUT2D eigenvalue weighted by atomic mass is 10.1. The van der Waals surface area contributed by atoms with Crippen molar-refractivity contribution in [1.82, 2.24) is 14.8 Å². The number of carboxylic acids is 1. The van der Waals surface area contributed by atoms with E-state index in [1.807, 2.05) is 6.92 Å². The average molecular weight is 309 g/mol. The maximum Gasteiger partial charge on any atom is 0.335 e. The highest BCUT2D eigenvalue weighted by atomic mass is 32.2. The predicted octanol–water partition coefficient (Wildman–Crippen LogP) is 1.28. The van der Waals surface area contributed by atoms with Gasteiger partial charge in [-0.15, -0.1) is 0 Å². The molecule has 0 fully saturated rings. The molecular formula is C13H15N3O4S. The third-order valence-electron chi connectivity index (χ3n) is 3.11. The van der Waals surface area contributed by atoms with Gasteiger partial charge < -0.3 is 5.11 Å². The number of aromatic carboxylic acids is 1. The van der Waals surface area contributed by atoms with Crippen LogP contribution in [0.4, 0.5) is 0 Å². The standard InChI is InChI=1S/C13H15N3O4S/c1-3-16-12(14-8-15-16)7-21(19,20)10-5-4-9(2)11(6-10)13(17)18/h4-6,8H,3,7H2,1-2H3,(H,17,18). The Bertz CT molecular complexity index is 780. The summed E-state index contributed by atoms with van der Waals surface area (Å²) in [5.74, 6) is -1.14. The normalized spacial score (nSPS) is 11.5. The zero-order valence-corrected chi connectivity index (χ0v) is 12.5. The first-order chi connectivity index (χ1) is 9.85. The van der Waals surface area contributed by atoms with Gasteiger partial charge in [0.2, 0.25) is 0 Å². The predicted molar refractivity (Wildman–Crippen MR) is 74.7 cm³/mol. The van der Waals surface area contributed by atoms with Gasteiger partial charge in [-0.25, -0.2) is 22.9 Å². The lowest BCUT2D eigenvalue weighted by Gasteiger charge is -2.07. The second-order valence-corrected chi connectivity index (χ2v) is 6.52. The van der Waals surface area contributed by atoms with Crippen LogP contribution in [0.25, 0.3) is 0 Å². The maximum absolute atomic E-state index is 12.4. The lowest BCUT2D eigenvalue weighted by Crippen LogP contribution is -2.12. The zero-order valence-electron chi connectivity index (χ0n) is 11.6. The highest BCUT2D eigenvalue weighted by molar-refractivity contribution is 7.90. The molecule has 8 heteroatoms. The molecule has 7 nitrogen and oxygen atoms in total. The third-order valence-corrected chi connectivity index (χ3v) is 4.72.